The highest BCUT2D eigenvalue weighted by Crippen LogP contribution is 2.20. The molecule has 0 aromatic heterocycles. The van der Waals surface area contributed by atoms with Crippen molar-refractivity contribution in [3.63, 3.8) is 0 Å². The van der Waals surface area contributed by atoms with E-state index in [2.05, 4.69) is 35.8 Å². The number of benzene rings is 1. The molecule has 0 saturated carbocycles. The highest BCUT2D eigenvalue weighted by molar-refractivity contribution is 5.40. The summed E-state index contributed by atoms with van der Waals surface area (Å²) in [4.78, 5) is 5.09. The Kier molecular flexibility index (Phi) is 5.23. The number of anilines is 1. The summed E-state index contributed by atoms with van der Waals surface area (Å²) in [7, 11) is 0. The summed E-state index contributed by atoms with van der Waals surface area (Å²) < 4.78 is 0. The number of likely N-dealkylation sites (tertiary alicyclic amines) is 1. The molecule has 0 bridgehead atoms. The molecule has 0 spiro atoms. The van der Waals surface area contributed by atoms with Gasteiger partial charge in [-0.3, -0.25) is 4.90 Å². The Morgan fingerprint density at radius 3 is 2.79 bits per heavy atom. The standard InChI is InChI=1S/C16H27N3/c1-3-18(4-2)12-15-8-9-19(13-15)11-14-6-5-7-16(17)10-14/h5-7,10,15H,3-4,8-9,11-13,17H2,1-2H3. The van der Waals surface area contributed by atoms with Crippen LogP contribution in [0.25, 0.3) is 0 Å². The van der Waals surface area contributed by atoms with Gasteiger partial charge in [-0.25, -0.2) is 0 Å². The number of nitrogens with two attached hydrogens (primary N) is 1. The molecule has 1 atom stereocenters. The van der Waals surface area contributed by atoms with Gasteiger partial charge < -0.3 is 10.6 Å². The zero-order valence-corrected chi connectivity index (χ0v) is 12.3. The number of nitrogen functional groups attached to an aromatic ring is 1. The molecule has 0 radical (unpaired) electrons. The Balaban J connectivity index is 1.82. The first kappa shape index (κ1) is 14.4. The molecule has 0 aliphatic carbocycles. The maximum atomic E-state index is 5.84. The molecule has 2 rings (SSSR count). The minimum Gasteiger partial charge on any atom is -0.399 e. The van der Waals surface area contributed by atoms with Crippen molar-refractivity contribution in [2.24, 2.45) is 5.92 Å². The van der Waals surface area contributed by atoms with Crippen LogP contribution in [0.3, 0.4) is 0 Å². The third-order valence-corrected chi connectivity index (χ3v) is 4.14. The van der Waals surface area contributed by atoms with Gasteiger partial charge in [0.25, 0.3) is 0 Å². The van der Waals surface area contributed by atoms with E-state index in [9.17, 15) is 0 Å². The van der Waals surface area contributed by atoms with Crippen LogP contribution in [0.5, 0.6) is 0 Å². The maximum Gasteiger partial charge on any atom is 0.0317 e. The summed E-state index contributed by atoms with van der Waals surface area (Å²) in [6.07, 6.45) is 1.33. The first-order valence-electron chi connectivity index (χ1n) is 7.50. The van der Waals surface area contributed by atoms with E-state index in [0.717, 1.165) is 18.2 Å². The minimum absolute atomic E-state index is 0.834. The second-order valence-corrected chi connectivity index (χ2v) is 5.62. The lowest BCUT2D eigenvalue weighted by molar-refractivity contribution is 0.242. The Bertz CT molecular complexity index is 387. The molecule has 1 aliphatic rings. The smallest absolute Gasteiger partial charge is 0.0317 e. The van der Waals surface area contributed by atoms with Crippen LogP contribution >= 0.6 is 0 Å². The van der Waals surface area contributed by atoms with Crippen molar-refractivity contribution in [1.82, 2.24) is 9.80 Å². The number of nitrogens with zero attached hydrogens (tertiary/aromatic N) is 2. The fourth-order valence-electron chi connectivity index (χ4n) is 3.00. The molecule has 1 aromatic carbocycles. The average Bonchev–Trinajstić information content (AvgIpc) is 2.83. The zero-order chi connectivity index (χ0) is 13.7. The van der Waals surface area contributed by atoms with Crippen molar-refractivity contribution < 1.29 is 0 Å². The predicted molar refractivity (Wildman–Crippen MR) is 82.0 cm³/mol. The molecule has 1 heterocycles. The molecule has 19 heavy (non-hydrogen) atoms. The Morgan fingerprint density at radius 1 is 1.32 bits per heavy atom. The average molecular weight is 261 g/mol. The number of hydrogen-bond acceptors (Lipinski definition) is 3. The fraction of sp³-hybridized carbons (Fsp3) is 0.625. The molecular formula is C16H27N3. The van der Waals surface area contributed by atoms with Gasteiger partial charge >= 0.3 is 0 Å². The van der Waals surface area contributed by atoms with E-state index in [1.807, 2.05) is 12.1 Å². The van der Waals surface area contributed by atoms with E-state index in [1.54, 1.807) is 0 Å². The summed E-state index contributed by atoms with van der Waals surface area (Å²) in [6, 6.07) is 8.27. The monoisotopic (exact) mass is 261 g/mol. The van der Waals surface area contributed by atoms with Crippen molar-refractivity contribution in [1.29, 1.82) is 0 Å². The summed E-state index contributed by atoms with van der Waals surface area (Å²) >= 11 is 0. The van der Waals surface area contributed by atoms with E-state index in [4.69, 9.17) is 5.73 Å². The molecular weight excluding hydrogens is 234 g/mol. The topological polar surface area (TPSA) is 32.5 Å². The molecule has 1 saturated heterocycles. The van der Waals surface area contributed by atoms with Crippen molar-refractivity contribution >= 4 is 5.69 Å². The van der Waals surface area contributed by atoms with Gasteiger partial charge in [-0.05, 0) is 49.7 Å². The van der Waals surface area contributed by atoms with Gasteiger partial charge in [0.05, 0.1) is 0 Å². The van der Waals surface area contributed by atoms with Crippen molar-refractivity contribution in [2.45, 2.75) is 26.8 Å². The summed E-state index contributed by atoms with van der Waals surface area (Å²) in [5.74, 6) is 0.834. The summed E-state index contributed by atoms with van der Waals surface area (Å²) in [5, 5.41) is 0. The van der Waals surface area contributed by atoms with Crippen molar-refractivity contribution in [3.05, 3.63) is 29.8 Å². The van der Waals surface area contributed by atoms with Crippen LogP contribution in [-0.2, 0) is 6.54 Å². The van der Waals surface area contributed by atoms with Crippen LogP contribution in [-0.4, -0.2) is 42.5 Å². The van der Waals surface area contributed by atoms with Crippen LogP contribution in [0.2, 0.25) is 0 Å². The SMILES string of the molecule is CCN(CC)CC1CCN(Cc2cccc(N)c2)C1. The molecule has 106 valence electrons. The zero-order valence-electron chi connectivity index (χ0n) is 12.3. The normalized spacial score (nSPS) is 20.3. The van der Waals surface area contributed by atoms with E-state index in [0.29, 0.717) is 0 Å². The molecule has 1 unspecified atom stereocenters. The molecule has 3 heteroatoms. The van der Waals surface area contributed by atoms with Crippen LogP contribution < -0.4 is 5.73 Å². The molecule has 1 aliphatic heterocycles. The second kappa shape index (κ2) is 6.92. The highest BCUT2D eigenvalue weighted by Gasteiger charge is 2.23. The van der Waals surface area contributed by atoms with Gasteiger partial charge in [-0.15, -0.1) is 0 Å². The van der Waals surface area contributed by atoms with Crippen LogP contribution in [0.15, 0.2) is 24.3 Å². The first-order chi connectivity index (χ1) is 9.21. The Hall–Kier alpha value is -1.06. The third-order valence-electron chi connectivity index (χ3n) is 4.14. The van der Waals surface area contributed by atoms with Gasteiger partial charge in [0.1, 0.15) is 0 Å². The van der Waals surface area contributed by atoms with Crippen LogP contribution in [0.1, 0.15) is 25.8 Å². The number of hydrogen-bond donors (Lipinski definition) is 1. The van der Waals surface area contributed by atoms with Gasteiger partial charge in [-0.2, -0.15) is 0 Å². The van der Waals surface area contributed by atoms with Crippen molar-refractivity contribution in [2.75, 3.05) is 38.5 Å². The lowest BCUT2D eigenvalue weighted by Gasteiger charge is -2.22. The van der Waals surface area contributed by atoms with Gasteiger partial charge in [-0.1, -0.05) is 26.0 Å². The highest BCUT2D eigenvalue weighted by atomic mass is 15.2. The fourth-order valence-corrected chi connectivity index (χ4v) is 3.00. The quantitative estimate of drug-likeness (QED) is 0.798. The summed E-state index contributed by atoms with van der Waals surface area (Å²) in [5.41, 5.74) is 8.05. The van der Waals surface area contributed by atoms with Gasteiger partial charge in [0.2, 0.25) is 0 Å². The Labute approximate surface area is 117 Å². The third kappa shape index (κ3) is 4.22. The van der Waals surface area contributed by atoms with E-state index >= 15 is 0 Å². The van der Waals surface area contributed by atoms with E-state index < -0.39 is 0 Å². The second-order valence-electron chi connectivity index (χ2n) is 5.62. The first-order valence-corrected chi connectivity index (χ1v) is 7.50. The largest absolute Gasteiger partial charge is 0.399 e. The molecule has 1 fully saturated rings. The lowest BCUT2D eigenvalue weighted by atomic mass is 10.1. The van der Waals surface area contributed by atoms with Crippen LogP contribution in [0.4, 0.5) is 5.69 Å². The van der Waals surface area contributed by atoms with Crippen LogP contribution in [0, 0.1) is 5.92 Å². The van der Waals surface area contributed by atoms with Gasteiger partial charge in [0.15, 0.2) is 0 Å². The van der Waals surface area contributed by atoms with E-state index in [1.165, 1.54) is 44.7 Å². The number of rotatable bonds is 6. The van der Waals surface area contributed by atoms with Gasteiger partial charge in [0, 0.05) is 25.3 Å². The molecule has 1 aromatic rings. The van der Waals surface area contributed by atoms with E-state index in [-0.39, 0.29) is 0 Å². The molecule has 0 amide bonds. The molecule has 3 nitrogen and oxygen atoms in total. The minimum atomic E-state index is 0.834. The predicted octanol–water partition coefficient (Wildman–Crippen LogP) is 2.43. The van der Waals surface area contributed by atoms with Crippen molar-refractivity contribution in [3.8, 4) is 0 Å². The lowest BCUT2D eigenvalue weighted by Crippen LogP contribution is -2.30. The summed E-state index contributed by atoms with van der Waals surface area (Å²) in [6.45, 7) is 11.6. The molecule has 2 N–H and O–H groups in total. The Morgan fingerprint density at radius 2 is 2.11 bits per heavy atom. The maximum absolute atomic E-state index is 5.84.